The second-order valence-electron chi connectivity index (χ2n) is 10.3. The number of ether oxygens (including phenoxy) is 3. The van der Waals surface area contributed by atoms with Crippen LogP contribution >= 0.6 is 0 Å². The third kappa shape index (κ3) is 5.74. The summed E-state index contributed by atoms with van der Waals surface area (Å²) >= 11 is 0. The van der Waals surface area contributed by atoms with Crippen LogP contribution in [0.2, 0.25) is 0 Å². The van der Waals surface area contributed by atoms with E-state index in [-0.39, 0.29) is 29.2 Å². The van der Waals surface area contributed by atoms with Gasteiger partial charge in [-0.25, -0.2) is 9.59 Å². The summed E-state index contributed by atoms with van der Waals surface area (Å²) in [7, 11) is 0. The molecule has 1 heterocycles. The van der Waals surface area contributed by atoms with E-state index in [2.05, 4.69) is 12.7 Å². The van der Waals surface area contributed by atoms with Gasteiger partial charge in [-0.2, -0.15) is 0 Å². The summed E-state index contributed by atoms with van der Waals surface area (Å²) < 4.78 is 17.1. The highest BCUT2D eigenvalue weighted by atomic mass is 16.7. The first kappa shape index (κ1) is 26.5. The van der Waals surface area contributed by atoms with Crippen LogP contribution < -0.4 is 4.74 Å². The molecular weight excluding hydrogens is 468 g/mol. The Hall–Kier alpha value is -3.54. The maximum absolute atomic E-state index is 13.4. The van der Waals surface area contributed by atoms with E-state index in [0.717, 1.165) is 36.0 Å². The van der Waals surface area contributed by atoms with E-state index in [0.29, 0.717) is 36.3 Å². The van der Waals surface area contributed by atoms with Crippen molar-refractivity contribution in [3.8, 4) is 11.5 Å². The van der Waals surface area contributed by atoms with Crippen LogP contribution in [-0.4, -0.2) is 29.4 Å². The molecule has 0 fully saturated rings. The number of aryl methyl sites for hydroxylation is 1. The third-order valence-electron chi connectivity index (χ3n) is 7.11. The topological polar surface area (TPSA) is 82.1 Å². The summed E-state index contributed by atoms with van der Waals surface area (Å²) in [6, 6.07) is 9.77. The van der Waals surface area contributed by atoms with Gasteiger partial charge in [-0.3, -0.25) is 0 Å². The minimum Gasteiger partial charge on any atom is -0.507 e. The van der Waals surface area contributed by atoms with Crippen molar-refractivity contribution < 1.29 is 28.9 Å². The van der Waals surface area contributed by atoms with Gasteiger partial charge in [0, 0.05) is 25.8 Å². The van der Waals surface area contributed by atoms with Gasteiger partial charge in [-0.15, -0.1) is 0 Å². The van der Waals surface area contributed by atoms with Crippen molar-refractivity contribution in [2.75, 3.05) is 6.61 Å². The van der Waals surface area contributed by atoms with Crippen molar-refractivity contribution in [2.45, 2.75) is 72.0 Å². The highest BCUT2D eigenvalue weighted by Gasteiger charge is 2.41. The Morgan fingerprint density at radius 3 is 2.51 bits per heavy atom. The van der Waals surface area contributed by atoms with E-state index in [4.69, 9.17) is 14.2 Å². The number of phenols is 1. The van der Waals surface area contributed by atoms with Gasteiger partial charge >= 0.3 is 11.9 Å². The molecule has 0 spiro atoms. The molecule has 1 N–H and O–H groups in total. The van der Waals surface area contributed by atoms with Gasteiger partial charge < -0.3 is 19.3 Å². The number of carbonyl (C=O) groups excluding carboxylic acids is 2. The lowest BCUT2D eigenvalue weighted by Gasteiger charge is -2.35. The van der Waals surface area contributed by atoms with E-state index in [9.17, 15) is 14.7 Å². The van der Waals surface area contributed by atoms with Gasteiger partial charge in [-0.1, -0.05) is 54.1 Å². The number of cyclic esters (lactones) is 1. The molecule has 1 aliphatic carbocycles. The summed E-state index contributed by atoms with van der Waals surface area (Å²) in [5.41, 5.74) is 4.35. The number of phenolic OH excluding ortho intramolecular Hbond substituents is 1. The van der Waals surface area contributed by atoms with Gasteiger partial charge in [0.1, 0.15) is 22.6 Å². The van der Waals surface area contributed by atoms with Crippen LogP contribution in [0.1, 0.15) is 84.4 Å². The summed E-state index contributed by atoms with van der Waals surface area (Å²) in [6.07, 6.45) is 6.11. The molecule has 1 aliphatic heterocycles. The first-order valence-electron chi connectivity index (χ1n) is 13.0. The van der Waals surface area contributed by atoms with Gasteiger partial charge in [0.15, 0.2) is 0 Å². The summed E-state index contributed by atoms with van der Waals surface area (Å²) in [4.78, 5) is 26.6. The van der Waals surface area contributed by atoms with Crippen LogP contribution in [0, 0.1) is 5.92 Å². The number of hydrogen-bond acceptors (Lipinski definition) is 6. The third-order valence-corrected chi connectivity index (χ3v) is 7.11. The van der Waals surface area contributed by atoms with Crippen LogP contribution in [0.3, 0.4) is 0 Å². The smallest absolute Gasteiger partial charge is 0.345 e. The first-order valence-corrected chi connectivity index (χ1v) is 13.0. The average molecular weight is 505 g/mol. The van der Waals surface area contributed by atoms with Crippen molar-refractivity contribution in [3.63, 3.8) is 0 Å². The Balaban J connectivity index is 1.85. The molecule has 2 aliphatic rings. The molecule has 1 atom stereocenters. The Labute approximate surface area is 218 Å². The molecular formula is C31H36O6. The molecule has 0 saturated carbocycles. The van der Waals surface area contributed by atoms with Gasteiger partial charge in [0.25, 0.3) is 0 Å². The van der Waals surface area contributed by atoms with Crippen LogP contribution in [0.4, 0.5) is 0 Å². The molecule has 2 aromatic rings. The fourth-order valence-corrected chi connectivity index (χ4v) is 5.16. The number of benzene rings is 2. The van der Waals surface area contributed by atoms with E-state index in [1.165, 1.54) is 0 Å². The zero-order chi connectivity index (χ0) is 26.7. The average Bonchev–Trinajstić information content (AvgIpc) is 2.85. The zero-order valence-corrected chi connectivity index (χ0v) is 22.2. The molecule has 196 valence electrons. The minimum absolute atomic E-state index is 0.0167. The first-order chi connectivity index (χ1) is 17.6. The van der Waals surface area contributed by atoms with Crippen LogP contribution in [0.15, 0.2) is 54.1 Å². The molecule has 0 unspecified atom stereocenters. The van der Waals surface area contributed by atoms with E-state index in [1.807, 2.05) is 37.3 Å². The maximum Gasteiger partial charge on any atom is 0.345 e. The number of fused-ring (bicyclic) bond motifs is 1. The molecule has 2 aromatic carbocycles. The van der Waals surface area contributed by atoms with Gasteiger partial charge in [0.05, 0.1) is 6.61 Å². The second-order valence-corrected chi connectivity index (χ2v) is 10.3. The highest BCUT2D eigenvalue weighted by molar-refractivity contribution is 6.03. The van der Waals surface area contributed by atoms with E-state index in [1.54, 1.807) is 20.8 Å². The lowest BCUT2D eigenvalue weighted by Crippen LogP contribution is -2.40. The second kappa shape index (κ2) is 10.8. The van der Waals surface area contributed by atoms with Crippen molar-refractivity contribution in [1.29, 1.82) is 0 Å². The molecule has 0 saturated heterocycles. The molecule has 37 heavy (non-hydrogen) atoms. The number of esters is 2. The number of rotatable bonds is 8. The normalized spacial score (nSPS) is 18.2. The molecule has 0 amide bonds. The largest absolute Gasteiger partial charge is 0.507 e. The summed E-state index contributed by atoms with van der Waals surface area (Å²) in [6.45, 7) is 11.3. The molecule has 0 bridgehead atoms. The van der Waals surface area contributed by atoms with Crippen LogP contribution in [-0.2, 0) is 28.7 Å². The van der Waals surface area contributed by atoms with Crippen molar-refractivity contribution >= 4 is 11.9 Å². The zero-order valence-electron chi connectivity index (χ0n) is 22.2. The lowest BCUT2D eigenvalue weighted by molar-refractivity contribution is -0.128. The number of aromatic hydroxyl groups is 1. The number of carbonyl (C=O) groups is 2. The maximum atomic E-state index is 13.4. The Morgan fingerprint density at radius 2 is 1.89 bits per heavy atom. The quantitative estimate of drug-likeness (QED) is 0.327. The predicted molar refractivity (Wildman–Crippen MR) is 142 cm³/mol. The van der Waals surface area contributed by atoms with Gasteiger partial charge in [-0.05, 0) is 63.0 Å². The SMILES string of the molecule is C=C(C)[C@@H]1CC=C(Cc2c(O)c(C(=O)OCC)c(CCc3ccccc3)c3c2OC(C)(C)OC3=O)CC1. The monoisotopic (exact) mass is 504 g/mol. The van der Waals surface area contributed by atoms with Gasteiger partial charge in [0.2, 0.25) is 5.79 Å². The summed E-state index contributed by atoms with van der Waals surface area (Å²) in [5, 5.41) is 11.6. The minimum atomic E-state index is -1.21. The molecule has 0 aromatic heterocycles. The Morgan fingerprint density at radius 1 is 1.16 bits per heavy atom. The lowest BCUT2D eigenvalue weighted by atomic mass is 9.82. The fraction of sp³-hybridized carbons (Fsp3) is 0.419. The molecule has 0 radical (unpaired) electrons. The molecule has 6 heteroatoms. The van der Waals surface area contributed by atoms with Crippen molar-refractivity contribution in [2.24, 2.45) is 5.92 Å². The van der Waals surface area contributed by atoms with E-state index < -0.39 is 17.7 Å². The Kier molecular flexibility index (Phi) is 7.76. The summed E-state index contributed by atoms with van der Waals surface area (Å²) in [5.74, 6) is -1.90. The fourth-order valence-electron chi connectivity index (χ4n) is 5.16. The van der Waals surface area contributed by atoms with Crippen LogP contribution in [0.5, 0.6) is 11.5 Å². The van der Waals surface area contributed by atoms with Crippen molar-refractivity contribution in [1.82, 2.24) is 0 Å². The van der Waals surface area contributed by atoms with E-state index >= 15 is 0 Å². The highest BCUT2D eigenvalue weighted by Crippen LogP contribution is 2.46. The van der Waals surface area contributed by atoms with Crippen LogP contribution in [0.25, 0.3) is 0 Å². The molecule has 4 rings (SSSR count). The van der Waals surface area contributed by atoms with Crippen molar-refractivity contribution in [3.05, 3.63) is 82.0 Å². The standard InChI is InChI=1S/C31H36O6/c1-6-35-29(33)25-23(17-14-20-10-8-7-9-11-20)26-28(36-31(4,5)37-30(26)34)24(27(25)32)18-21-12-15-22(16-13-21)19(2)3/h7-12,22,32H,2,6,13-18H2,1,3-5H3/t22-/m1/s1. The number of allylic oxidation sites excluding steroid dienone is 3. The Bertz CT molecular complexity index is 1240. The number of hydrogen-bond donors (Lipinski definition) is 1. The predicted octanol–water partition coefficient (Wildman–Crippen LogP) is 6.48. The molecule has 6 nitrogen and oxygen atoms in total.